The Morgan fingerprint density at radius 2 is 1.69 bits per heavy atom. The Balaban J connectivity index is 1.55. The minimum absolute atomic E-state index is 0.0409. The predicted octanol–water partition coefficient (Wildman–Crippen LogP) is 7.23. The van der Waals surface area contributed by atoms with Gasteiger partial charge in [0.2, 0.25) is 0 Å². The summed E-state index contributed by atoms with van der Waals surface area (Å²) in [6.07, 6.45) is 6.10. The quantitative estimate of drug-likeness (QED) is 0.441. The SMILES string of the molecule is CC1=C(C(=O)OC2CCCCC2)[C@H](c2ccc(Cl)c(Cl)c2)C2=C(C[C@@H](c3ccccc3)CC2=O)N1. The topological polar surface area (TPSA) is 55.4 Å². The molecule has 0 amide bonds. The maximum Gasteiger partial charge on any atom is 0.337 e. The van der Waals surface area contributed by atoms with Gasteiger partial charge in [-0.15, -0.1) is 0 Å². The highest BCUT2D eigenvalue weighted by Gasteiger charge is 2.42. The molecule has 35 heavy (non-hydrogen) atoms. The van der Waals surface area contributed by atoms with E-state index in [0.29, 0.717) is 34.0 Å². The van der Waals surface area contributed by atoms with Gasteiger partial charge in [-0.2, -0.15) is 0 Å². The van der Waals surface area contributed by atoms with Gasteiger partial charge in [0.1, 0.15) is 6.10 Å². The summed E-state index contributed by atoms with van der Waals surface area (Å²) in [5.74, 6) is -0.768. The Hall–Kier alpha value is -2.56. The molecule has 0 radical (unpaired) electrons. The van der Waals surface area contributed by atoms with E-state index in [4.69, 9.17) is 27.9 Å². The summed E-state index contributed by atoms with van der Waals surface area (Å²) in [5.41, 5.74) is 4.63. The average molecular weight is 510 g/mol. The number of hydrogen-bond acceptors (Lipinski definition) is 4. The van der Waals surface area contributed by atoms with E-state index in [2.05, 4.69) is 17.4 Å². The van der Waals surface area contributed by atoms with E-state index in [1.165, 1.54) is 6.42 Å². The zero-order chi connectivity index (χ0) is 24.5. The molecule has 0 aromatic heterocycles. The van der Waals surface area contributed by atoms with Crippen molar-refractivity contribution in [2.24, 2.45) is 0 Å². The number of Topliss-reactive ketones (excluding diaryl/α,β-unsaturated/α-hetero) is 1. The number of esters is 1. The number of ketones is 1. The molecule has 2 aromatic rings. The fourth-order valence-corrected chi connectivity index (χ4v) is 6.00. The number of carbonyl (C=O) groups is 2. The van der Waals surface area contributed by atoms with Crippen molar-refractivity contribution >= 4 is 35.0 Å². The summed E-state index contributed by atoms with van der Waals surface area (Å²) in [4.78, 5) is 27.2. The highest BCUT2D eigenvalue weighted by Crippen LogP contribution is 2.46. The number of halogens is 2. The van der Waals surface area contributed by atoms with Crippen LogP contribution in [-0.2, 0) is 14.3 Å². The van der Waals surface area contributed by atoms with Crippen molar-refractivity contribution < 1.29 is 14.3 Å². The Morgan fingerprint density at radius 1 is 0.943 bits per heavy atom. The molecule has 0 unspecified atom stereocenters. The number of rotatable bonds is 4. The van der Waals surface area contributed by atoms with Crippen LogP contribution in [0.3, 0.4) is 0 Å². The molecule has 5 rings (SSSR count). The first-order chi connectivity index (χ1) is 16.9. The number of ether oxygens (including phenoxy) is 1. The van der Waals surface area contributed by atoms with Crippen molar-refractivity contribution in [3.05, 3.63) is 92.2 Å². The monoisotopic (exact) mass is 509 g/mol. The molecule has 1 N–H and O–H groups in total. The third kappa shape index (κ3) is 4.92. The van der Waals surface area contributed by atoms with Crippen LogP contribution >= 0.6 is 23.2 Å². The summed E-state index contributed by atoms with van der Waals surface area (Å²) in [6.45, 7) is 1.89. The van der Waals surface area contributed by atoms with Gasteiger partial charge in [-0.25, -0.2) is 4.79 Å². The number of nitrogens with one attached hydrogen (secondary N) is 1. The van der Waals surface area contributed by atoms with E-state index in [0.717, 1.165) is 48.2 Å². The summed E-state index contributed by atoms with van der Waals surface area (Å²) < 4.78 is 5.98. The molecule has 0 saturated heterocycles. The highest BCUT2D eigenvalue weighted by molar-refractivity contribution is 6.42. The minimum atomic E-state index is -0.540. The van der Waals surface area contributed by atoms with Gasteiger partial charge in [-0.3, -0.25) is 4.79 Å². The maximum absolute atomic E-state index is 13.7. The third-order valence-corrected chi connectivity index (χ3v) is 8.16. The third-order valence-electron chi connectivity index (χ3n) is 7.42. The van der Waals surface area contributed by atoms with Gasteiger partial charge >= 0.3 is 5.97 Å². The van der Waals surface area contributed by atoms with Crippen LogP contribution in [0.5, 0.6) is 0 Å². The lowest BCUT2D eigenvalue weighted by molar-refractivity contribution is -0.146. The van der Waals surface area contributed by atoms with Crippen LogP contribution in [0.2, 0.25) is 10.0 Å². The summed E-state index contributed by atoms with van der Waals surface area (Å²) in [7, 11) is 0. The molecule has 1 fully saturated rings. The van der Waals surface area contributed by atoms with Crippen LogP contribution in [-0.4, -0.2) is 17.9 Å². The molecule has 2 atom stereocenters. The molecule has 4 nitrogen and oxygen atoms in total. The predicted molar refractivity (Wildman–Crippen MR) is 138 cm³/mol. The zero-order valence-corrected chi connectivity index (χ0v) is 21.3. The molecule has 1 saturated carbocycles. The van der Waals surface area contributed by atoms with E-state index in [9.17, 15) is 9.59 Å². The van der Waals surface area contributed by atoms with E-state index in [1.807, 2.05) is 31.2 Å². The lowest BCUT2D eigenvalue weighted by Gasteiger charge is -2.37. The number of benzene rings is 2. The number of dihydropyridines is 1. The second-order valence-corrected chi connectivity index (χ2v) is 10.6. The summed E-state index contributed by atoms with van der Waals surface area (Å²) in [5, 5.41) is 4.25. The highest BCUT2D eigenvalue weighted by atomic mass is 35.5. The van der Waals surface area contributed by atoms with Crippen LogP contribution in [0.4, 0.5) is 0 Å². The first-order valence-corrected chi connectivity index (χ1v) is 13.1. The summed E-state index contributed by atoms with van der Waals surface area (Å²) in [6, 6.07) is 15.5. The molecule has 2 aliphatic carbocycles. The first-order valence-electron chi connectivity index (χ1n) is 12.4. The number of allylic oxidation sites excluding steroid dienone is 3. The van der Waals surface area contributed by atoms with E-state index < -0.39 is 5.92 Å². The van der Waals surface area contributed by atoms with Gasteiger partial charge in [0, 0.05) is 29.3 Å². The van der Waals surface area contributed by atoms with Crippen molar-refractivity contribution in [1.82, 2.24) is 5.32 Å². The van der Waals surface area contributed by atoms with Crippen molar-refractivity contribution in [2.45, 2.75) is 69.8 Å². The molecule has 0 spiro atoms. The van der Waals surface area contributed by atoms with Gasteiger partial charge in [0.25, 0.3) is 0 Å². The Bertz CT molecular complexity index is 1210. The molecular weight excluding hydrogens is 481 g/mol. The largest absolute Gasteiger partial charge is 0.459 e. The molecule has 6 heteroatoms. The maximum atomic E-state index is 13.7. The number of hydrogen-bond donors (Lipinski definition) is 1. The number of carbonyl (C=O) groups excluding carboxylic acids is 2. The average Bonchev–Trinajstić information content (AvgIpc) is 2.86. The van der Waals surface area contributed by atoms with Crippen LogP contribution in [0.1, 0.15) is 74.8 Å². The van der Waals surface area contributed by atoms with Crippen LogP contribution < -0.4 is 5.32 Å². The van der Waals surface area contributed by atoms with E-state index >= 15 is 0 Å². The molecule has 182 valence electrons. The van der Waals surface area contributed by atoms with Crippen LogP contribution in [0.25, 0.3) is 0 Å². The van der Waals surface area contributed by atoms with Crippen LogP contribution in [0.15, 0.2) is 71.1 Å². The lowest BCUT2D eigenvalue weighted by Crippen LogP contribution is -2.37. The fraction of sp³-hybridized carbons (Fsp3) is 0.379. The summed E-state index contributed by atoms with van der Waals surface area (Å²) >= 11 is 12.6. The van der Waals surface area contributed by atoms with Gasteiger partial charge in [0.05, 0.1) is 15.6 Å². The van der Waals surface area contributed by atoms with Crippen molar-refractivity contribution in [2.75, 3.05) is 0 Å². The van der Waals surface area contributed by atoms with Crippen LogP contribution in [0, 0.1) is 0 Å². The Labute approximate surface area is 216 Å². The standard InChI is InChI=1S/C29H29Cl2NO3/c1-17-26(29(34)35-21-10-6-3-7-11-21)27(19-12-13-22(30)23(31)14-19)28-24(32-17)15-20(16-25(28)33)18-8-4-2-5-9-18/h2,4-5,8-9,12-14,20-21,27,32H,3,6-7,10-11,15-16H2,1H3/t20-,27+/m1/s1. The van der Waals surface area contributed by atoms with Gasteiger partial charge in [0.15, 0.2) is 5.78 Å². The Kier molecular flexibility index (Phi) is 7.04. The Morgan fingerprint density at radius 3 is 2.40 bits per heavy atom. The normalized spacial score (nSPS) is 23.1. The second-order valence-electron chi connectivity index (χ2n) is 9.77. The van der Waals surface area contributed by atoms with Gasteiger partial charge < -0.3 is 10.1 Å². The first kappa shape index (κ1) is 24.1. The molecule has 3 aliphatic rings. The molecule has 0 bridgehead atoms. The van der Waals surface area contributed by atoms with Crippen molar-refractivity contribution in [1.29, 1.82) is 0 Å². The van der Waals surface area contributed by atoms with Crippen molar-refractivity contribution in [3.8, 4) is 0 Å². The fourth-order valence-electron chi connectivity index (χ4n) is 5.69. The zero-order valence-electron chi connectivity index (χ0n) is 19.8. The van der Waals surface area contributed by atoms with E-state index in [-0.39, 0.29) is 23.8 Å². The molecule has 2 aromatic carbocycles. The molecule has 1 aliphatic heterocycles. The second kappa shape index (κ2) is 10.2. The smallest absolute Gasteiger partial charge is 0.337 e. The van der Waals surface area contributed by atoms with Gasteiger partial charge in [-0.1, -0.05) is 66.0 Å². The van der Waals surface area contributed by atoms with Gasteiger partial charge in [-0.05, 0) is 68.2 Å². The molecular formula is C29H29Cl2NO3. The van der Waals surface area contributed by atoms with Crippen molar-refractivity contribution in [3.63, 3.8) is 0 Å². The van der Waals surface area contributed by atoms with E-state index in [1.54, 1.807) is 12.1 Å². The minimum Gasteiger partial charge on any atom is -0.459 e. The molecule has 1 heterocycles. The lowest BCUT2D eigenvalue weighted by atomic mass is 9.71.